The zero-order chi connectivity index (χ0) is 17.3. The molecule has 1 aromatic heterocycles. The lowest BCUT2D eigenvalue weighted by Crippen LogP contribution is -2.10. The minimum Gasteiger partial charge on any atom is -0.493 e. The average molecular weight is 389 g/mol. The zero-order valence-electron chi connectivity index (χ0n) is 12.9. The summed E-state index contributed by atoms with van der Waals surface area (Å²) < 4.78 is 11.0. The number of carbonyl (C=O) groups excluding carboxylic acids is 1. The quantitative estimate of drug-likeness (QED) is 0.549. The molecule has 0 unspecified atom stereocenters. The highest BCUT2D eigenvalue weighted by atomic mass is 79.9. The van der Waals surface area contributed by atoms with Crippen molar-refractivity contribution >= 4 is 32.8 Å². The van der Waals surface area contributed by atoms with Gasteiger partial charge in [-0.3, -0.25) is 9.59 Å². The first-order valence-corrected chi connectivity index (χ1v) is 7.84. The predicted molar refractivity (Wildman–Crippen MR) is 93.4 cm³/mol. The third-order valence-electron chi connectivity index (χ3n) is 3.37. The van der Waals surface area contributed by atoms with Gasteiger partial charge in [0.25, 0.3) is 5.56 Å². The molecule has 0 radical (unpaired) electrons. The molecule has 0 bridgehead atoms. The highest BCUT2D eigenvalue weighted by Crippen LogP contribution is 2.37. The SMILES string of the molecule is COc1cc(-c2nc3ccccc3c(=O)[nH]2)c(Br)cc1OC(C)=O. The number of methoxy groups -OCH3 is 1. The van der Waals surface area contributed by atoms with Crippen molar-refractivity contribution in [3.63, 3.8) is 0 Å². The minimum atomic E-state index is -0.454. The van der Waals surface area contributed by atoms with Crippen LogP contribution in [-0.4, -0.2) is 23.0 Å². The van der Waals surface area contributed by atoms with Crippen LogP contribution in [0.5, 0.6) is 11.5 Å². The number of aromatic nitrogens is 2. The van der Waals surface area contributed by atoms with Crippen LogP contribution in [0, 0.1) is 0 Å². The van der Waals surface area contributed by atoms with Gasteiger partial charge in [-0.05, 0) is 40.2 Å². The summed E-state index contributed by atoms with van der Waals surface area (Å²) in [6, 6.07) is 10.3. The molecule has 24 heavy (non-hydrogen) atoms. The van der Waals surface area contributed by atoms with E-state index in [9.17, 15) is 9.59 Å². The number of nitrogens with zero attached hydrogens (tertiary/aromatic N) is 1. The number of rotatable bonds is 3. The second-order valence-corrected chi connectivity index (χ2v) is 5.86. The smallest absolute Gasteiger partial charge is 0.308 e. The molecule has 0 aliphatic heterocycles. The second kappa shape index (κ2) is 6.45. The number of nitrogens with one attached hydrogen (secondary N) is 1. The molecular formula is C17H13BrN2O4. The molecule has 0 saturated carbocycles. The molecule has 0 spiro atoms. The normalized spacial score (nSPS) is 10.6. The predicted octanol–water partition coefficient (Wildman–Crippen LogP) is 3.29. The van der Waals surface area contributed by atoms with Gasteiger partial charge in [0.1, 0.15) is 5.82 Å². The fourth-order valence-electron chi connectivity index (χ4n) is 2.32. The number of halogens is 1. The highest BCUT2D eigenvalue weighted by molar-refractivity contribution is 9.10. The first-order chi connectivity index (χ1) is 11.5. The van der Waals surface area contributed by atoms with Crippen LogP contribution in [0.15, 0.2) is 45.7 Å². The Morgan fingerprint density at radius 2 is 1.96 bits per heavy atom. The Labute approximate surface area is 145 Å². The van der Waals surface area contributed by atoms with Gasteiger partial charge in [0, 0.05) is 17.0 Å². The molecule has 0 atom stereocenters. The van der Waals surface area contributed by atoms with Gasteiger partial charge >= 0.3 is 5.97 Å². The van der Waals surface area contributed by atoms with E-state index < -0.39 is 5.97 Å². The molecule has 1 heterocycles. The van der Waals surface area contributed by atoms with Gasteiger partial charge in [0.2, 0.25) is 0 Å². The maximum absolute atomic E-state index is 12.2. The third-order valence-corrected chi connectivity index (χ3v) is 4.03. The van der Waals surface area contributed by atoms with Gasteiger partial charge < -0.3 is 14.5 Å². The number of para-hydroxylation sites is 1. The van der Waals surface area contributed by atoms with E-state index in [1.165, 1.54) is 14.0 Å². The van der Waals surface area contributed by atoms with Crippen molar-refractivity contribution in [1.82, 2.24) is 9.97 Å². The molecule has 1 N–H and O–H groups in total. The van der Waals surface area contributed by atoms with E-state index in [1.807, 2.05) is 6.07 Å². The standard InChI is InChI=1S/C17H13BrN2O4/c1-9(21)24-15-8-12(18)11(7-14(15)23-2)16-19-13-6-4-3-5-10(13)17(22)20-16/h3-8H,1-2H3,(H,19,20,22). The van der Waals surface area contributed by atoms with E-state index in [1.54, 1.807) is 30.3 Å². The fourth-order valence-corrected chi connectivity index (χ4v) is 2.83. The van der Waals surface area contributed by atoms with Gasteiger partial charge in [-0.25, -0.2) is 4.98 Å². The molecule has 0 aliphatic carbocycles. The van der Waals surface area contributed by atoms with E-state index in [2.05, 4.69) is 25.9 Å². The Hall–Kier alpha value is -2.67. The number of hydrogen-bond donors (Lipinski definition) is 1. The van der Waals surface area contributed by atoms with Crippen LogP contribution in [0.3, 0.4) is 0 Å². The number of benzene rings is 2. The number of esters is 1. The number of aromatic amines is 1. The van der Waals surface area contributed by atoms with Crippen LogP contribution in [0.25, 0.3) is 22.3 Å². The molecule has 0 aliphatic rings. The van der Waals surface area contributed by atoms with Crippen molar-refractivity contribution in [3.05, 3.63) is 51.2 Å². The van der Waals surface area contributed by atoms with Crippen LogP contribution in [0.2, 0.25) is 0 Å². The largest absolute Gasteiger partial charge is 0.493 e. The number of carbonyl (C=O) groups is 1. The fraction of sp³-hybridized carbons (Fsp3) is 0.118. The summed E-state index contributed by atoms with van der Waals surface area (Å²) in [7, 11) is 1.47. The lowest BCUT2D eigenvalue weighted by atomic mass is 10.1. The lowest BCUT2D eigenvalue weighted by molar-refractivity contribution is -0.132. The van der Waals surface area contributed by atoms with Crippen molar-refractivity contribution in [2.75, 3.05) is 7.11 Å². The highest BCUT2D eigenvalue weighted by Gasteiger charge is 2.15. The van der Waals surface area contributed by atoms with Gasteiger partial charge in [0.15, 0.2) is 11.5 Å². The van der Waals surface area contributed by atoms with Crippen molar-refractivity contribution in [3.8, 4) is 22.9 Å². The topological polar surface area (TPSA) is 81.3 Å². The minimum absolute atomic E-state index is 0.231. The summed E-state index contributed by atoms with van der Waals surface area (Å²) >= 11 is 3.42. The van der Waals surface area contributed by atoms with Crippen LogP contribution < -0.4 is 15.0 Å². The number of ether oxygens (including phenoxy) is 2. The molecule has 0 saturated heterocycles. The van der Waals surface area contributed by atoms with Crippen LogP contribution >= 0.6 is 15.9 Å². The number of H-pyrrole nitrogens is 1. The molecule has 6 nitrogen and oxygen atoms in total. The molecule has 3 rings (SSSR count). The van der Waals surface area contributed by atoms with Gasteiger partial charge in [-0.15, -0.1) is 0 Å². The van der Waals surface area contributed by atoms with E-state index >= 15 is 0 Å². The van der Waals surface area contributed by atoms with Crippen LogP contribution in [0.4, 0.5) is 0 Å². The molecule has 2 aromatic carbocycles. The molecule has 7 heteroatoms. The molecule has 3 aromatic rings. The second-order valence-electron chi connectivity index (χ2n) is 5.01. The Morgan fingerprint density at radius 1 is 1.21 bits per heavy atom. The molecule has 0 fully saturated rings. The summed E-state index contributed by atoms with van der Waals surface area (Å²) in [5.74, 6) is 0.575. The van der Waals surface area contributed by atoms with Gasteiger partial charge in [0.05, 0.1) is 18.0 Å². The summed E-state index contributed by atoms with van der Waals surface area (Å²) in [4.78, 5) is 30.7. The average Bonchev–Trinajstić information content (AvgIpc) is 2.54. The Balaban J connectivity index is 2.19. The van der Waals surface area contributed by atoms with E-state index in [4.69, 9.17) is 9.47 Å². The number of hydrogen-bond acceptors (Lipinski definition) is 5. The Morgan fingerprint density at radius 3 is 2.67 bits per heavy atom. The Bertz CT molecular complexity index is 998. The maximum atomic E-state index is 12.2. The molecule has 122 valence electrons. The molecule has 0 amide bonds. The third kappa shape index (κ3) is 3.03. The monoisotopic (exact) mass is 388 g/mol. The van der Waals surface area contributed by atoms with E-state index in [0.717, 1.165) is 0 Å². The van der Waals surface area contributed by atoms with Crippen molar-refractivity contribution in [1.29, 1.82) is 0 Å². The Kier molecular flexibility index (Phi) is 4.35. The van der Waals surface area contributed by atoms with E-state index in [-0.39, 0.29) is 11.3 Å². The summed E-state index contributed by atoms with van der Waals surface area (Å²) in [5.41, 5.74) is 0.974. The number of fused-ring (bicyclic) bond motifs is 1. The van der Waals surface area contributed by atoms with Crippen molar-refractivity contribution < 1.29 is 14.3 Å². The van der Waals surface area contributed by atoms with E-state index in [0.29, 0.717) is 32.5 Å². The van der Waals surface area contributed by atoms with Gasteiger partial charge in [-0.1, -0.05) is 12.1 Å². The first kappa shape index (κ1) is 16.2. The summed E-state index contributed by atoms with van der Waals surface area (Å²) in [5, 5.41) is 0.515. The summed E-state index contributed by atoms with van der Waals surface area (Å²) in [6.07, 6.45) is 0. The van der Waals surface area contributed by atoms with Crippen molar-refractivity contribution in [2.24, 2.45) is 0 Å². The van der Waals surface area contributed by atoms with Crippen molar-refractivity contribution in [2.45, 2.75) is 6.92 Å². The molecular weight excluding hydrogens is 376 g/mol. The first-order valence-electron chi connectivity index (χ1n) is 7.05. The van der Waals surface area contributed by atoms with Gasteiger partial charge in [-0.2, -0.15) is 0 Å². The maximum Gasteiger partial charge on any atom is 0.308 e. The summed E-state index contributed by atoms with van der Waals surface area (Å²) in [6.45, 7) is 1.31. The van der Waals surface area contributed by atoms with Crippen LogP contribution in [0.1, 0.15) is 6.92 Å². The zero-order valence-corrected chi connectivity index (χ0v) is 14.5. The lowest BCUT2D eigenvalue weighted by Gasteiger charge is -2.12. The van der Waals surface area contributed by atoms with Crippen LogP contribution in [-0.2, 0) is 4.79 Å².